The fourth-order valence-electron chi connectivity index (χ4n) is 4.45. The van der Waals surface area contributed by atoms with Crippen molar-refractivity contribution < 1.29 is 23.7 Å². The zero-order valence-electron chi connectivity index (χ0n) is 19.9. The zero-order valence-corrected chi connectivity index (χ0v) is 20.6. The first-order chi connectivity index (χ1) is 17.0. The molecule has 3 aromatic carbocycles. The number of ether oxygens (including phenoxy) is 4. The number of halogens is 1. The van der Waals surface area contributed by atoms with E-state index in [2.05, 4.69) is 4.90 Å². The third kappa shape index (κ3) is 4.59. The Morgan fingerprint density at radius 3 is 2.57 bits per heavy atom. The van der Waals surface area contributed by atoms with Gasteiger partial charge in [-0.05, 0) is 66.4 Å². The molecule has 7 heteroatoms. The molecule has 3 aromatic rings. The molecule has 0 atom stereocenters. The number of carbonyl (C=O) groups excluding carboxylic acids is 1. The molecule has 0 saturated carbocycles. The van der Waals surface area contributed by atoms with Crippen molar-refractivity contribution in [1.82, 2.24) is 4.90 Å². The second-order valence-electron chi connectivity index (χ2n) is 8.63. The average Bonchev–Trinajstić information content (AvgIpc) is 3.20. The zero-order chi connectivity index (χ0) is 24.5. The molecule has 0 amide bonds. The molecule has 6 nitrogen and oxygen atoms in total. The van der Waals surface area contributed by atoms with Crippen molar-refractivity contribution in [1.29, 1.82) is 0 Å². The Bertz CT molecular complexity index is 1320. The number of hydrogen-bond donors (Lipinski definition) is 0. The highest BCUT2D eigenvalue weighted by Crippen LogP contribution is 2.44. The topological polar surface area (TPSA) is 57.2 Å². The van der Waals surface area contributed by atoms with Crippen molar-refractivity contribution in [3.05, 3.63) is 87.1 Å². The smallest absolute Gasteiger partial charge is 0.232 e. The van der Waals surface area contributed by atoms with Crippen molar-refractivity contribution in [3.63, 3.8) is 0 Å². The summed E-state index contributed by atoms with van der Waals surface area (Å²) in [4.78, 5) is 15.5. The van der Waals surface area contributed by atoms with E-state index in [-0.39, 0.29) is 11.5 Å². The molecule has 0 aliphatic carbocycles. The number of ketones is 1. The highest BCUT2D eigenvalue weighted by atomic mass is 35.5. The number of aryl methyl sites for hydroxylation is 1. The van der Waals surface area contributed by atoms with Crippen LogP contribution in [0.4, 0.5) is 0 Å². The molecule has 0 bridgehead atoms. The first kappa shape index (κ1) is 23.3. The fraction of sp³-hybridized carbons (Fsp3) is 0.250. The lowest BCUT2D eigenvalue weighted by atomic mass is 9.98. The summed E-state index contributed by atoms with van der Waals surface area (Å²) in [6.07, 6.45) is 2.60. The van der Waals surface area contributed by atoms with E-state index in [0.717, 1.165) is 40.4 Å². The van der Waals surface area contributed by atoms with Gasteiger partial charge in [-0.2, -0.15) is 0 Å². The number of nitrogens with zero attached hydrogens (tertiary/aromatic N) is 1. The van der Waals surface area contributed by atoms with Gasteiger partial charge >= 0.3 is 0 Å². The second kappa shape index (κ2) is 9.64. The molecule has 0 spiro atoms. The van der Waals surface area contributed by atoms with Gasteiger partial charge in [-0.15, -0.1) is 0 Å². The lowest BCUT2D eigenvalue weighted by Crippen LogP contribution is -2.33. The van der Waals surface area contributed by atoms with Crippen molar-refractivity contribution in [2.45, 2.75) is 19.9 Å². The van der Waals surface area contributed by atoms with Gasteiger partial charge in [-0.3, -0.25) is 9.69 Å². The van der Waals surface area contributed by atoms with Crippen LogP contribution in [0.5, 0.6) is 23.0 Å². The first-order valence-corrected chi connectivity index (χ1v) is 11.8. The summed E-state index contributed by atoms with van der Waals surface area (Å²) in [7, 11) is 3.17. The molecular formula is C28H26ClNO5. The quantitative estimate of drug-likeness (QED) is 0.414. The Labute approximate surface area is 209 Å². The SMILES string of the molecule is COc1ccc(/C=C2/Oc3c4c(cc(C)c3C2=O)OCN(CCc2ccc(Cl)cc2)C4)cc1OC. The van der Waals surface area contributed by atoms with Crippen molar-refractivity contribution in [2.75, 3.05) is 27.5 Å². The maximum absolute atomic E-state index is 13.3. The monoisotopic (exact) mass is 491 g/mol. The Kier molecular flexibility index (Phi) is 6.41. The van der Waals surface area contributed by atoms with E-state index in [0.29, 0.717) is 36.1 Å². The maximum Gasteiger partial charge on any atom is 0.232 e. The van der Waals surface area contributed by atoms with E-state index in [1.807, 2.05) is 49.4 Å². The molecule has 180 valence electrons. The molecule has 35 heavy (non-hydrogen) atoms. The molecule has 2 aliphatic rings. The number of rotatable bonds is 6. The Morgan fingerprint density at radius 2 is 1.83 bits per heavy atom. The van der Waals surface area contributed by atoms with Crippen LogP contribution in [0, 0.1) is 6.92 Å². The van der Waals surface area contributed by atoms with E-state index in [9.17, 15) is 4.79 Å². The van der Waals surface area contributed by atoms with Crippen molar-refractivity contribution in [3.8, 4) is 23.0 Å². The number of Topliss-reactive ketones (excluding diaryl/α,β-unsaturated/α-hetero) is 1. The molecule has 5 rings (SSSR count). The molecule has 0 aromatic heterocycles. The lowest BCUT2D eigenvalue weighted by molar-refractivity contribution is 0.0949. The Balaban J connectivity index is 1.39. The minimum atomic E-state index is -0.131. The molecular weight excluding hydrogens is 466 g/mol. The summed E-state index contributed by atoms with van der Waals surface area (Å²) in [5.41, 5.74) is 4.33. The number of hydrogen-bond acceptors (Lipinski definition) is 6. The standard InChI is InChI=1S/C28H26ClNO5/c1-17-12-23-21(15-30(16-34-23)11-10-18-4-7-20(29)8-5-18)28-26(17)27(31)25(35-28)14-19-6-9-22(32-2)24(13-19)33-3/h4-9,12-14H,10-11,15-16H2,1-3H3/b25-14+. The second-order valence-corrected chi connectivity index (χ2v) is 9.07. The van der Waals surface area contributed by atoms with Crippen LogP contribution in [0.2, 0.25) is 5.02 Å². The maximum atomic E-state index is 13.3. The van der Waals surface area contributed by atoms with Crippen molar-refractivity contribution >= 4 is 23.5 Å². The molecule has 0 unspecified atom stereocenters. The van der Waals surface area contributed by atoms with Gasteiger partial charge in [0.2, 0.25) is 5.78 Å². The average molecular weight is 492 g/mol. The molecule has 2 aliphatic heterocycles. The van der Waals surface area contributed by atoms with Crippen LogP contribution in [-0.4, -0.2) is 38.2 Å². The summed E-state index contributed by atoms with van der Waals surface area (Å²) < 4.78 is 22.9. The van der Waals surface area contributed by atoms with Gasteiger partial charge in [0, 0.05) is 18.1 Å². The van der Waals surface area contributed by atoms with E-state index in [1.165, 1.54) is 5.56 Å². The van der Waals surface area contributed by atoms with Gasteiger partial charge in [0.05, 0.1) is 25.3 Å². The molecule has 0 fully saturated rings. The minimum absolute atomic E-state index is 0.131. The number of methoxy groups -OCH3 is 2. The van der Waals surface area contributed by atoms with Crippen LogP contribution >= 0.6 is 11.6 Å². The van der Waals surface area contributed by atoms with Gasteiger partial charge in [0.1, 0.15) is 18.2 Å². The predicted molar refractivity (Wildman–Crippen MR) is 135 cm³/mol. The lowest BCUT2D eigenvalue weighted by Gasteiger charge is -2.30. The largest absolute Gasteiger partial charge is 0.493 e. The molecule has 2 heterocycles. The van der Waals surface area contributed by atoms with Crippen LogP contribution in [0.25, 0.3) is 6.08 Å². The normalized spacial score (nSPS) is 15.9. The highest BCUT2D eigenvalue weighted by Gasteiger charge is 2.35. The van der Waals surface area contributed by atoms with Gasteiger partial charge in [0.25, 0.3) is 0 Å². The summed E-state index contributed by atoms with van der Waals surface area (Å²) in [5, 5.41) is 0.730. The first-order valence-electron chi connectivity index (χ1n) is 11.4. The van der Waals surface area contributed by atoms with Crippen molar-refractivity contribution in [2.24, 2.45) is 0 Å². The predicted octanol–water partition coefficient (Wildman–Crippen LogP) is 5.68. The summed E-state index contributed by atoms with van der Waals surface area (Å²) in [6.45, 7) is 3.85. The summed E-state index contributed by atoms with van der Waals surface area (Å²) >= 11 is 6.00. The minimum Gasteiger partial charge on any atom is -0.493 e. The Morgan fingerprint density at radius 1 is 1.06 bits per heavy atom. The van der Waals surface area contributed by atoms with Crippen LogP contribution in [0.15, 0.2) is 54.3 Å². The molecule has 0 radical (unpaired) electrons. The van der Waals surface area contributed by atoms with Gasteiger partial charge in [-0.25, -0.2) is 0 Å². The van der Waals surface area contributed by atoms with E-state index in [4.69, 9.17) is 30.5 Å². The van der Waals surface area contributed by atoms with E-state index >= 15 is 0 Å². The van der Waals surface area contributed by atoms with E-state index in [1.54, 1.807) is 26.4 Å². The van der Waals surface area contributed by atoms with Crippen LogP contribution in [0.1, 0.15) is 32.6 Å². The molecule has 0 saturated heterocycles. The number of benzene rings is 3. The van der Waals surface area contributed by atoms with Gasteiger partial charge < -0.3 is 18.9 Å². The number of fused-ring (bicyclic) bond motifs is 3. The highest BCUT2D eigenvalue weighted by molar-refractivity contribution is 6.30. The van der Waals surface area contributed by atoms with E-state index < -0.39 is 0 Å². The Hall–Kier alpha value is -3.48. The summed E-state index contributed by atoms with van der Waals surface area (Å²) in [5.74, 6) is 2.72. The number of allylic oxidation sites excluding steroid dienone is 1. The van der Waals surface area contributed by atoms with Crippen LogP contribution in [-0.2, 0) is 13.0 Å². The molecule has 0 N–H and O–H groups in total. The number of carbonyl (C=O) groups is 1. The fourth-order valence-corrected chi connectivity index (χ4v) is 4.58. The van der Waals surface area contributed by atoms with Gasteiger partial charge in [0.15, 0.2) is 17.3 Å². The van der Waals surface area contributed by atoms with Crippen LogP contribution in [0.3, 0.4) is 0 Å². The third-order valence-electron chi connectivity index (χ3n) is 6.32. The van der Waals surface area contributed by atoms with Gasteiger partial charge in [-0.1, -0.05) is 29.8 Å². The third-order valence-corrected chi connectivity index (χ3v) is 6.58. The van der Waals surface area contributed by atoms with Crippen LogP contribution < -0.4 is 18.9 Å². The summed E-state index contributed by atoms with van der Waals surface area (Å²) in [6, 6.07) is 15.3.